The summed E-state index contributed by atoms with van der Waals surface area (Å²) in [5.41, 5.74) is 9.24. The van der Waals surface area contributed by atoms with Crippen LogP contribution in [0.4, 0.5) is 0 Å². The van der Waals surface area contributed by atoms with Gasteiger partial charge < -0.3 is 20.4 Å². The molecule has 11 heteroatoms. The Balaban J connectivity index is 1.39. The van der Waals surface area contributed by atoms with Gasteiger partial charge in [0.05, 0.1) is 19.5 Å². The standard InChI is InChI=1S/C38H39Cl2N5O4/c39-30-15-14-29(33(40)23-30)16-20-44-26-37(48)45(22-18-32(27-9-3-1-4-10-27)28-11-5-2-6-12-28)34(38(44)49)24-36(47)43(25-35(41)46)21-17-31-13-7-8-19-42-31/h1-15,19,23,32,34H,16-18,20-22,24-26H2,(H2,41,46). The van der Waals surface area contributed by atoms with E-state index in [9.17, 15) is 19.2 Å². The smallest absolute Gasteiger partial charge is 0.246 e. The zero-order valence-corrected chi connectivity index (χ0v) is 28.6. The number of carbonyl (C=O) groups excluding carboxylic acids is 4. The minimum atomic E-state index is -1.06. The molecule has 1 atom stereocenters. The van der Waals surface area contributed by atoms with Crippen LogP contribution in [0.15, 0.2) is 103 Å². The highest BCUT2D eigenvalue weighted by molar-refractivity contribution is 6.35. The Morgan fingerprint density at radius 2 is 1.55 bits per heavy atom. The predicted octanol–water partition coefficient (Wildman–Crippen LogP) is 5.14. The zero-order valence-electron chi connectivity index (χ0n) is 27.1. The average molecular weight is 701 g/mol. The molecule has 4 amide bonds. The van der Waals surface area contributed by atoms with Crippen molar-refractivity contribution in [3.05, 3.63) is 136 Å². The fourth-order valence-electron chi connectivity index (χ4n) is 6.23. The SMILES string of the molecule is NC(=O)CN(CCc1ccccn1)C(=O)CC1C(=O)N(CCc2ccc(Cl)cc2Cl)CC(=O)N1CCC(c1ccccc1)c1ccccc1. The van der Waals surface area contributed by atoms with Gasteiger partial charge in [0.2, 0.25) is 23.6 Å². The molecule has 4 aromatic rings. The number of amides is 4. The molecule has 0 aliphatic carbocycles. The van der Waals surface area contributed by atoms with Crippen molar-refractivity contribution in [3.8, 4) is 0 Å². The van der Waals surface area contributed by atoms with Crippen molar-refractivity contribution in [3.63, 3.8) is 0 Å². The van der Waals surface area contributed by atoms with Crippen LogP contribution in [0.2, 0.25) is 10.0 Å². The zero-order chi connectivity index (χ0) is 34.8. The van der Waals surface area contributed by atoms with Crippen molar-refractivity contribution in [1.29, 1.82) is 0 Å². The van der Waals surface area contributed by atoms with E-state index in [1.807, 2.05) is 48.5 Å². The van der Waals surface area contributed by atoms with Gasteiger partial charge in [0.15, 0.2) is 0 Å². The largest absolute Gasteiger partial charge is 0.368 e. The first-order chi connectivity index (χ1) is 23.7. The van der Waals surface area contributed by atoms with E-state index >= 15 is 0 Å². The van der Waals surface area contributed by atoms with Crippen LogP contribution in [0.1, 0.15) is 41.1 Å². The van der Waals surface area contributed by atoms with Gasteiger partial charge in [-0.25, -0.2) is 0 Å². The molecule has 9 nitrogen and oxygen atoms in total. The van der Waals surface area contributed by atoms with Gasteiger partial charge in [-0.1, -0.05) is 96.0 Å². The van der Waals surface area contributed by atoms with Gasteiger partial charge in [-0.2, -0.15) is 0 Å². The first-order valence-electron chi connectivity index (χ1n) is 16.3. The number of hydrogen-bond donors (Lipinski definition) is 1. The number of piperazine rings is 1. The molecule has 0 spiro atoms. The summed E-state index contributed by atoms with van der Waals surface area (Å²) in [6.07, 6.45) is 2.69. The Hall–Kier alpha value is -4.73. The molecule has 1 saturated heterocycles. The Bertz CT molecular complexity index is 1700. The maximum atomic E-state index is 14.2. The van der Waals surface area contributed by atoms with E-state index in [0.29, 0.717) is 29.3 Å². The van der Waals surface area contributed by atoms with Crippen molar-refractivity contribution in [1.82, 2.24) is 19.7 Å². The Morgan fingerprint density at radius 3 is 2.16 bits per heavy atom. The summed E-state index contributed by atoms with van der Waals surface area (Å²) in [5, 5.41) is 0.972. The molecule has 254 valence electrons. The number of hydrogen-bond acceptors (Lipinski definition) is 5. The molecule has 0 radical (unpaired) electrons. The Kier molecular flexibility index (Phi) is 12.4. The highest BCUT2D eigenvalue weighted by atomic mass is 35.5. The van der Waals surface area contributed by atoms with Gasteiger partial charge in [-0.15, -0.1) is 0 Å². The summed E-state index contributed by atoms with van der Waals surface area (Å²) in [5.74, 6) is -1.76. The van der Waals surface area contributed by atoms with Crippen LogP contribution in [0, 0.1) is 0 Å². The second-order valence-electron chi connectivity index (χ2n) is 12.1. The normalized spacial score (nSPS) is 14.7. The van der Waals surface area contributed by atoms with Gasteiger partial charge in [-0.3, -0.25) is 24.2 Å². The van der Waals surface area contributed by atoms with Gasteiger partial charge in [0, 0.05) is 53.9 Å². The van der Waals surface area contributed by atoms with Crippen molar-refractivity contribution in [2.75, 3.05) is 32.7 Å². The van der Waals surface area contributed by atoms with Crippen LogP contribution in [-0.2, 0) is 32.0 Å². The molecule has 5 rings (SSSR count). The van der Waals surface area contributed by atoms with Crippen molar-refractivity contribution in [2.24, 2.45) is 5.73 Å². The highest BCUT2D eigenvalue weighted by Gasteiger charge is 2.41. The molecular formula is C38H39Cl2N5O4. The van der Waals surface area contributed by atoms with E-state index in [1.54, 1.807) is 30.5 Å². The number of rotatable bonds is 15. The van der Waals surface area contributed by atoms with E-state index in [2.05, 4.69) is 29.2 Å². The number of primary amides is 1. The third-order valence-corrected chi connectivity index (χ3v) is 9.37. The van der Waals surface area contributed by atoms with Gasteiger partial charge >= 0.3 is 0 Å². The van der Waals surface area contributed by atoms with Crippen molar-refractivity contribution in [2.45, 2.75) is 37.6 Å². The molecule has 49 heavy (non-hydrogen) atoms. The Morgan fingerprint density at radius 1 is 0.878 bits per heavy atom. The maximum absolute atomic E-state index is 14.2. The fraction of sp³-hybridized carbons (Fsp3) is 0.289. The van der Waals surface area contributed by atoms with Crippen LogP contribution in [0.5, 0.6) is 0 Å². The van der Waals surface area contributed by atoms with Crippen LogP contribution in [-0.4, -0.2) is 82.1 Å². The van der Waals surface area contributed by atoms with Crippen LogP contribution < -0.4 is 5.73 Å². The lowest BCUT2D eigenvalue weighted by molar-refractivity contribution is -0.158. The molecule has 2 N–H and O–H groups in total. The molecular weight excluding hydrogens is 661 g/mol. The molecule has 2 heterocycles. The van der Waals surface area contributed by atoms with E-state index in [1.165, 1.54) is 14.7 Å². The van der Waals surface area contributed by atoms with Crippen molar-refractivity contribution >= 4 is 46.8 Å². The lowest BCUT2D eigenvalue weighted by atomic mass is 9.88. The Labute approximate surface area is 296 Å². The maximum Gasteiger partial charge on any atom is 0.246 e. The topological polar surface area (TPSA) is 117 Å². The molecule has 3 aromatic carbocycles. The summed E-state index contributed by atoms with van der Waals surface area (Å²) < 4.78 is 0. The molecule has 1 fully saturated rings. The lowest BCUT2D eigenvalue weighted by Crippen LogP contribution is -2.61. The number of carbonyl (C=O) groups is 4. The van der Waals surface area contributed by atoms with Crippen LogP contribution >= 0.6 is 23.2 Å². The van der Waals surface area contributed by atoms with Gasteiger partial charge in [-0.05, 0) is 53.8 Å². The molecule has 0 saturated carbocycles. The van der Waals surface area contributed by atoms with E-state index in [4.69, 9.17) is 28.9 Å². The first-order valence-corrected chi connectivity index (χ1v) is 17.0. The minimum absolute atomic E-state index is 0.0449. The van der Waals surface area contributed by atoms with Gasteiger partial charge in [0.25, 0.3) is 0 Å². The van der Waals surface area contributed by atoms with E-state index < -0.39 is 17.9 Å². The summed E-state index contributed by atoms with van der Waals surface area (Å²) in [4.78, 5) is 62.6. The quantitative estimate of drug-likeness (QED) is 0.185. The summed E-state index contributed by atoms with van der Waals surface area (Å²) in [6.45, 7) is 0.212. The van der Waals surface area contributed by atoms with Crippen LogP contribution in [0.25, 0.3) is 0 Å². The first kappa shape index (κ1) is 35.6. The van der Waals surface area contributed by atoms with E-state index in [-0.39, 0.29) is 56.9 Å². The molecule has 0 bridgehead atoms. The highest BCUT2D eigenvalue weighted by Crippen LogP contribution is 2.30. The average Bonchev–Trinajstić information content (AvgIpc) is 3.10. The summed E-state index contributed by atoms with van der Waals surface area (Å²) in [6, 6.07) is 29.6. The number of aromatic nitrogens is 1. The van der Waals surface area contributed by atoms with E-state index in [0.717, 1.165) is 22.4 Å². The third-order valence-electron chi connectivity index (χ3n) is 8.78. The lowest BCUT2D eigenvalue weighted by Gasteiger charge is -2.41. The second kappa shape index (κ2) is 17.1. The van der Waals surface area contributed by atoms with Gasteiger partial charge in [0.1, 0.15) is 6.04 Å². The number of nitrogens with two attached hydrogens (primary N) is 1. The number of pyridine rings is 1. The summed E-state index contributed by atoms with van der Waals surface area (Å²) >= 11 is 12.5. The predicted molar refractivity (Wildman–Crippen MR) is 190 cm³/mol. The number of nitrogens with zero attached hydrogens (tertiary/aromatic N) is 4. The number of halogens is 2. The molecule has 1 aliphatic heterocycles. The molecule has 1 aromatic heterocycles. The monoisotopic (exact) mass is 699 g/mol. The number of benzene rings is 3. The summed E-state index contributed by atoms with van der Waals surface area (Å²) in [7, 11) is 0. The fourth-order valence-corrected chi connectivity index (χ4v) is 6.73. The molecule has 1 aliphatic rings. The second-order valence-corrected chi connectivity index (χ2v) is 12.9. The van der Waals surface area contributed by atoms with Crippen molar-refractivity contribution < 1.29 is 19.2 Å². The van der Waals surface area contributed by atoms with Crippen LogP contribution in [0.3, 0.4) is 0 Å². The third kappa shape index (κ3) is 9.68. The molecule has 1 unspecified atom stereocenters. The minimum Gasteiger partial charge on any atom is -0.368 e.